The summed E-state index contributed by atoms with van der Waals surface area (Å²) in [4.78, 5) is 41.6. The number of amides is 2. The quantitative estimate of drug-likeness (QED) is 0.125. The molecule has 0 bridgehead atoms. The van der Waals surface area contributed by atoms with E-state index in [2.05, 4.69) is 15.6 Å². The maximum absolute atomic E-state index is 13.4. The predicted octanol–water partition coefficient (Wildman–Crippen LogP) is 6.93. The Labute approximate surface area is 225 Å². The summed E-state index contributed by atoms with van der Waals surface area (Å²) in [7, 11) is 0. The van der Waals surface area contributed by atoms with Crippen molar-refractivity contribution in [3.8, 4) is 0 Å². The molecule has 0 saturated heterocycles. The van der Waals surface area contributed by atoms with Gasteiger partial charge >= 0.3 is 0 Å². The minimum atomic E-state index is -0.524. The molecule has 5 aromatic rings. The fourth-order valence-electron chi connectivity index (χ4n) is 3.69. The van der Waals surface area contributed by atoms with Crippen molar-refractivity contribution in [1.29, 1.82) is 0 Å². The van der Waals surface area contributed by atoms with Crippen LogP contribution in [-0.2, 0) is 4.79 Å². The number of thioether (sulfide) groups is 1. The van der Waals surface area contributed by atoms with Gasteiger partial charge in [-0.3, -0.25) is 19.7 Å². The summed E-state index contributed by atoms with van der Waals surface area (Å²) >= 11 is 2.82. The lowest BCUT2D eigenvalue weighted by atomic mass is 10.1. The van der Waals surface area contributed by atoms with E-state index in [4.69, 9.17) is 0 Å². The zero-order valence-corrected chi connectivity index (χ0v) is 21.4. The fraction of sp³-hybridized carbons (Fsp3) is 0.0357. The van der Waals surface area contributed by atoms with E-state index in [0.29, 0.717) is 16.4 Å². The summed E-state index contributed by atoms with van der Waals surface area (Å²) in [6, 6.07) is 29.8. The van der Waals surface area contributed by atoms with E-state index >= 15 is 0 Å². The number of nitrogens with zero attached hydrogens (tertiary/aromatic N) is 2. The number of nitrogens with one attached hydrogen (secondary N) is 2. The minimum Gasteiger partial charge on any atom is -0.322 e. The monoisotopic (exact) mass is 540 g/mol. The van der Waals surface area contributed by atoms with Crippen molar-refractivity contribution in [2.24, 2.45) is 0 Å². The first-order valence-corrected chi connectivity index (χ1v) is 13.2. The molecule has 188 valence electrons. The lowest BCUT2D eigenvalue weighted by molar-refractivity contribution is -0.384. The zero-order valence-electron chi connectivity index (χ0n) is 19.7. The van der Waals surface area contributed by atoms with Crippen molar-refractivity contribution in [3.05, 3.63) is 124 Å². The number of non-ortho nitro benzene ring substituents is 1. The Morgan fingerprint density at radius 1 is 0.842 bits per heavy atom. The van der Waals surface area contributed by atoms with Gasteiger partial charge in [0.1, 0.15) is 5.25 Å². The maximum atomic E-state index is 13.4. The Morgan fingerprint density at radius 3 is 2.21 bits per heavy atom. The molecule has 1 atom stereocenters. The van der Waals surface area contributed by atoms with Crippen molar-refractivity contribution in [1.82, 2.24) is 4.98 Å². The van der Waals surface area contributed by atoms with Gasteiger partial charge in [0.15, 0.2) is 5.13 Å². The lowest BCUT2D eigenvalue weighted by Gasteiger charge is -2.16. The number of fused-ring (bicyclic) bond motifs is 1. The van der Waals surface area contributed by atoms with Crippen LogP contribution in [0, 0.1) is 10.1 Å². The smallest absolute Gasteiger partial charge is 0.269 e. The van der Waals surface area contributed by atoms with Crippen LogP contribution in [0.5, 0.6) is 0 Å². The molecule has 1 unspecified atom stereocenters. The van der Waals surface area contributed by atoms with Crippen LogP contribution < -0.4 is 10.6 Å². The largest absolute Gasteiger partial charge is 0.322 e. The zero-order chi connectivity index (χ0) is 26.5. The van der Waals surface area contributed by atoms with E-state index in [-0.39, 0.29) is 17.5 Å². The molecule has 0 fully saturated rings. The van der Waals surface area contributed by atoms with Gasteiger partial charge in [-0.2, -0.15) is 0 Å². The second-order valence-electron chi connectivity index (χ2n) is 8.17. The number of aromatic nitrogens is 1. The third kappa shape index (κ3) is 5.88. The first kappa shape index (κ1) is 25.1. The highest BCUT2D eigenvalue weighted by molar-refractivity contribution is 8.00. The molecule has 4 aromatic carbocycles. The second kappa shape index (κ2) is 11.2. The van der Waals surface area contributed by atoms with Crippen LogP contribution >= 0.6 is 23.1 Å². The number of carbonyl (C=O) groups excluding carboxylic acids is 2. The molecule has 1 aromatic heterocycles. The second-order valence-corrected chi connectivity index (χ2v) is 10.4. The Kier molecular flexibility index (Phi) is 7.43. The first-order chi connectivity index (χ1) is 18.5. The summed E-state index contributed by atoms with van der Waals surface area (Å²) in [5, 5.41) is 16.6. The fourth-order valence-corrected chi connectivity index (χ4v) is 5.58. The van der Waals surface area contributed by atoms with Crippen LogP contribution in [0.3, 0.4) is 0 Å². The average Bonchev–Trinajstić information content (AvgIpc) is 3.35. The third-order valence-corrected chi connectivity index (χ3v) is 7.79. The number of nitro benzene ring substituents is 1. The van der Waals surface area contributed by atoms with E-state index < -0.39 is 10.2 Å². The minimum absolute atomic E-state index is 0.0805. The van der Waals surface area contributed by atoms with Gasteiger partial charge in [-0.25, -0.2) is 4.98 Å². The van der Waals surface area contributed by atoms with Crippen LogP contribution in [0.4, 0.5) is 16.5 Å². The number of nitro groups is 1. The molecule has 38 heavy (non-hydrogen) atoms. The number of anilines is 2. The Balaban J connectivity index is 1.29. The third-order valence-electron chi connectivity index (χ3n) is 5.57. The van der Waals surface area contributed by atoms with Gasteiger partial charge in [0.05, 0.1) is 15.1 Å². The standard InChI is InChI=1S/C28H20N4O4S2/c33-26(19-10-14-21(15-11-19)32(35)36)29-20-12-16-22(17-13-20)37-25(18-6-2-1-3-7-18)27(34)31-28-30-23-8-4-5-9-24(23)38-28/h1-17,25H,(H,29,33)(H,30,31,34). The summed E-state index contributed by atoms with van der Waals surface area (Å²) < 4.78 is 0.998. The van der Waals surface area contributed by atoms with E-state index in [1.165, 1.54) is 47.4 Å². The molecule has 2 N–H and O–H groups in total. The van der Waals surface area contributed by atoms with Crippen molar-refractivity contribution in [2.45, 2.75) is 10.1 Å². The molecule has 0 aliphatic heterocycles. The summed E-state index contributed by atoms with van der Waals surface area (Å²) in [5.41, 5.74) is 2.48. The van der Waals surface area contributed by atoms with Gasteiger partial charge in [-0.15, -0.1) is 11.8 Å². The Bertz CT molecular complexity index is 1570. The lowest BCUT2D eigenvalue weighted by Crippen LogP contribution is -2.18. The van der Waals surface area contributed by atoms with Gasteiger partial charge in [-0.05, 0) is 54.1 Å². The van der Waals surface area contributed by atoms with Crippen molar-refractivity contribution in [2.75, 3.05) is 10.6 Å². The van der Waals surface area contributed by atoms with E-state index in [9.17, 15) is 19.7 Å². The number of hydrogen-bond acceptors (Lipinski definition) is 7. The van der Waals surface area contributed by atoms with Crippen LogP contribution in [0.25, 0.3) is 10.2 Å². The molecule has 8 nitrogen and oxygen atoms in total. The predicted molar refractivity (Wildman–Crippen MR) is 151 cm³/mol. The van der Waals surface area contributed by atoms with Gasteiger partial charge in [0.2, 0.25) is 5.91 Å². The molecular formula is C28H20N4O4S2. The summed E-state index contributed by atoms with van der Waals surface area (Å²) in [6.45, 7) is 0. The SMILES string of the molecule is O=C(Nc1ccc(SC(C(=O)Nc2nc3ccccc3s2)c2ccccc2)cc1)c1ccc([N+](=O)[O-])cc1. The molecule has 0 radical (unpaired) electrons. The maximum Gasteiger partial charge on any atom is 0.269 e. The number of carbonyl (C=O) groups is 2. The normalized spacial score (nSPS) is 11.6. The van der Waals surface area contributed by atoms with E-state index in [1.54, 1.807) is 12.1 Å². The first-order valence-electron chi connectivity index (χ1n) is 11.5. The number of benzene rings is 4. The van der Waals surface area contributed by atoms with Crippen LogP contribution in [0.15, 0.2) is 108 Å². The molecule has 0 aliphatic rings. The highest BCUT2D eigenvalue weighted by atomic mass is 32.2. The average molecular weight is 541 g/mol. The molecule has 1 heterocycles. The molecule has 0 spiro atoms. The van der Waals surface area contributed by atoms with Crippen molar-refractivity contribution in [3.63, 3.8) is 0 Å². The van der Waals surface area contributed by atoms with Gasteiger partial charge in [0.25, 0.3) is 11.6 Å². The topological polar surface area (TPSA) is 114 Å². The summed E-state index contributed by atoms with van der Waals surface area (Å²) in [5.74, 6) is -0.562. The molecule has 5 rings (SSSR count). The Morgan fingerprint density at radius 2 is 1.53 bits per heavy atom. The summed E-state index contributed by atoms with van der Waals surface area (Å²) in [6.07, 6.45) is 0. The number of thiazole rings is 1. The van der Waals surface area contributed by atoms with Crippen molar-refractivity contribution >= 4 is 61.6 Å². The van der Waals surface area contributed by atoms with Crippen LogP contribution in [0.2, 0.25) is 0 Å². The molecule has 10 heteroatoms. The molecule has 0 saturated carbocycles. The molecular weight excluding hydrogens is 520 g/mol. The van der Waals surface area contributed by atoms with Gasteiger partial charge in [0, 0.05) is 28.3 Å². The highest BCUT2D eigenvalue weighted by Crippen LogP contribution is 2.37. The van der Waals surface area contributed by atoms with E-state index in [1.807, 2.05) is 66.7 Å². The Hall–Kier alpha value is -4.54. The number of para-hydroxylation sites is 1. The van der Waals surface area contributed by atoms with Crippen molar-refractivity contribution < 1.29 is 14.5 Å². The van der Waals surface area contributed by atoms with E-state index in [0.717, 1.165) is 20.7 Å². The number of hydrogen-bond donors (Lipinski definition) is 2. The number of rotatable bonds is 8. The van der Waals surface area contributed by atoms with Gasteiger partial charge in [-0.1, -0.05) is 53.8 Å². The van der Waals surface area contributed by atoms with Crippen LogP contribution in [-0.4, -0.2) is 21.7 Å². The highest BCUT2D eigenvalue weighted by Gasteiger charge is 2.23. The van der Waals surface area contributed by atoms with Gasteiger partial charge < -0.3 is 10.6 Å². The molecule has 0 aliphatic carbocycles. The molecule has 2 amide bonds. The van der Waals surface area contributed by atoms with Crippen LogP contribution in [0.1, 0.15) is 21.2 Å².